The smallest absolute Gasteiger partial charge is 0.294 e. The highest BCUT2D eigenvalue weighted by Gasteiger charge is 2.08. The number of rotatable bonds is 10. The molecule has 0 spiro atoms. The molecule has 0 atom stereocenters. The second-order valence-electron chi connectivity index (χ2n) is 6.21. The molecule has 0 fully saturated rings. The Morgan fingerprint density at radius 1 is 0.893 bits per heavy atom. The molecule has 3 aromatic heterocycles. The zero-order chi connectivity index (χ0) is 19.6. The third-order valence-corrected chi connectivity index (χ3v) is 4.50. The van der Waals surface area contributed by atoms with Crippen molar-refractivity contribution < 1.29 is 0 Å². The SMILES string of the molecule is O=c1c(NCCc2ccccn2)ncc(Cl)n1CCNCCc1ccccn1. The number of aromatic nitrogens is 4. The number of nitrogens with zero attached hydrogens (tertiary/aromatic N) is 4. The Labute approximate surface area is 168 Å². The maximum atomic E-state index is 12.6. The summed E-state index contributed by atoms with van der Waals surface area (Å²) in [5.41, 5.74) is 1.77. The average Bonchev–Trinajstić information content (AvgIpc) is 2.73. The van der Waals surface area contributed by atoms with E-state index in [0.717, 1.165) is 24.4 Å². The second-order valence-corrected chi connectivity index (χ2v) is 6.59. The Bertz CT molecular complexity index is 917. The highest BCUT2D eigenvalue weighted by atomic mass is 35.5. The third-order valence-electron chi connectivity index (χ3n) is 4.20. The minimum Gasteiger partial charge on any atom is -0.365 e. The van der Waals surface area contributed by atoms with E-state index in [9.17, 15) is 4.79 Å². The molecule has 0 aliphatic rings. The van der Waals surface area contributed by atoms with Gasteiger partial charge in [0, 0.05) is 62.8 Å². The topological polar surface area (TPSA) is 84.7 Å². The fraction of sp³-hybridized carbons (Fsp3) is 0.300. The Kier molecular flexibility index (Phi) is 7.52. The maximum absolute atomic E-state index is 12.6. The molecule has 3 heterocycles. The third kappa shape index (κ3) is 5.87. The van der Waals surface area contributed by atoms with Crippen LogP contribution in [0.3, 0.4) is 0 Å². The van der Waals surface area contributed by atoms with E-state index in [1.807, 2.05) is 36.4 Å². The number of hydrogen-bond donors (Lipinski definition) is 2. The van der Waals surface area contributed by atoms with Crippen LogP contribution in [0.5, 0.6) is 0 Å². The predicted octanol–water partition coefficient (Wildman–Crippen LogP) is 2.17. The molecule has 28 heavy (non-hydrogen) atoms. The lowest BCUT2D eigenvalue weighted by atomic mass is 10.3. The molecule has 0 amide bonds. The lowest BCUT2D eigenvalue weighted by molar-refractivity contribution is 0.583. The summed E-state index contributed by atoms with van der Waals surface area (Å²) in [5.74, 6) is 0.300. The van der Waals surface area contributed by atoms with Crippen LogP contribution < -0.4 is 16.2 Å². The van der Waals surface area contributed by atoms with Crippen LogP contribution in [0.2, 0.25) is 5.15 Å². The lowest BCUT2D eigenvalue weighted by Gasteiger charge is -2.12. The van der Waals surface area contributed by atoms with Crippen LogP contribution in [0.1, 0.15) is 11.4 Å². The fourth-order valence-corrected chi connectivity index (χ4v) is 2.94. The Morgan fingerprint density at radius 3 is 2.21 bits per heavy atom. The quantitative estimate of drug-likeness (QED) is 0.509. The first kappa shape index (κ1) is 20.0. The molecule has 0 unspecified atom stereocenters. The molecule has 0 aliphatic carbocycles. The van der Waals surface area contributed by atoms with Gasteiger partial charge in [-0.05, 0) is 24.3 Å². The number of anilines is 1. The average molecular weight is 399 g/mol. The monoisotopic (exact) mass is 398 g/mol. The van der Waals surface area contributed by atoms with E-state index in [2.05, 4.69) is 25.6 Å². The van der Waals surface area contributed by atoms with Crippen LogP contribution in [0.25, 0.3) is 0 Å². The fourth-order valence-electron chi connectivity index (χ4n) is 2.73. The van der Waals surface area contributed by atoms with Gasteiger partial charge in [0.05, 0.1) is 6.20 Å². The van der Waals surface area contributed by atoms with Gasteiger partial charge in [-0.3, -0.25) is 19.3 Å². The first-order valence-corrected chi connectivity index (χ1v) is 9.61. The molecule has 0 aromatic carbocycles. The molecule has 0 bridgehead atoms. The summed E-state index contributed by atoms with van der Waals surface area (Å²) >= 11 is 6.17. The molecule has 0 saturated carbocycles. The first-order chi connectivity index (χ1) is 13.7. The summed E-state index contributed by atoms with van der Waals surface area (Å²) in [6.07, 6.45) is 6.58. The van der Waals surface area contributed by atoms with Crippen LogP contribution >= 0.6 is 11.6 Å². The normalized spacial score (nSPS) is 10.8. The van der Waals surface area contributed by atoms with Crippen LogP contribution in [0.4, 0.5) is 5.82 Å². The van der Waals surface area contributed by atoms with Gasteiger partial charge in [-0.25, -0.2) is 4.98 Å². The van der Waals surface area contributed by atoms with Crippen molar-refractivity contribution in [2.24, 2.45) is 0 Å². The van der Waals surface area contributed by atoms with Crippen LogP contribution in [-0.4, -0.2) is 39.2 Å². The van der Waals surface area contributed by atoms with Gasteiger partial charge in [0.15, 0.2) is 5.82 Å². The minimum atomic E-state index is -0.222. The van der Waals surface area contributed by atoms with Gasteiger partial charge in [-0.15, -0.1) is 0 Å². The molecule has 146 valence electrons. The van der Waals surface area contributed by atoms with Gasteiger partial charge in [0.1, 0.15) is 5.15 Å². The summed E-state index contributed by atoms with van der Waals surface area (Å²) < 4.78 is 1.52. The highest BCUT2D eigenvalue weighted by Crippen LogP contribution is 2.06. The van der Waals surface area contributed by atoms with Crippen molar-refractivity contribution in [1.82, 2.24) is 24.8 Å². The molecule has 8 heteroatoms. The Hall–Kier alpha value is -2.77. The van der Waals surface area contributed by atoms with Crippen molar-refractivity contribution >= 4 is 17.4 Å². The van der Waals surface area contributed by atoms with Crippen molar-refractivity contribution in [3.05, 3.63) is 81.9 Å². The zero-order valence-electron chi connectivity index (χ0n) is 15.5. The summed E-state index contributed by atoms with van der Waals surface area (Å²) in [4.78, 5) is 25.3. The van der Waals surface area contributed by atoms with E-state index in [0.29, 0.717) is 37.0 Å². The summed E-state index contributed by atoms with van der Waals surface area (Å²) in [7, 11) is 0. The van der Waals surface area contributed by atoms with Crippen LogP contribution in [0.15, 0.2) is 59.8 Å². The molecule has 7 nitrogen and oxygen atoms in total. The molecule has 0 radical (unpaired) electrons. The molecular weight excluding hydrogens is 376 g/mol. The first-order valence-electron chi connectivity index (χ1n) is 9.24. The number of nitrogens with one attached hydrogen (secondary N) is 2. The standard InChI is InChI=1S/C20H23ClN6O/c21-18-15-26-19(25-12-8-17-6-2-4-10-24-17)20(28)27(18)14-13-22-11-7-16-5-1-3-9-23-16/h1-6,9-10,15,22H,7-8,11-14H2,(H,25,26). The van der Waals surface area contributed by atoms with Crippen molar-refractivity contribution in [3.8, 4) is 0 Å². The summed E-state index contributed by atoms with van der Waals surface area (Å²) in [6.45, 7) is 2.45. The lowest BCUT2D eigenvalue weighted by Crippen LogP contribution is -2.31. The van der Waals surface area contributed by atoms with Gasteiger partial charge >= 0.3 is 0 Å². The zero-order valence-corrected chi connectivity index (χ0v) is 16.3. The van der Waals surface area contributed by atoms with Crippen molar-refractivity contribution in [2.75, 3.05) is 25.0 Å². The molecular formula is C20H23ClN6O. The largest absolute Gasteiger partial charge is 0.365 e. The summed E-state index contributed by atoms with van der Waals surface area (Å²) in [5, 5.41) is 6.72. The second kappa shape index (κ2) is 10.5. The number of pyridine rings is 2. The van der Waals surface area contributed by atoms with Gasteiger partial charge in [0.2, 0.25) is 0 Å². The number of halogens is 1. The van der Waals surface area contributed by atoms with Gasteiger partial charge in [0.25, 0.3) is 5.56 Å². The van der Waals surface area contributed by atoms with Crippen molar-refractivity contribution in [2.45, 2.75) is 19.4 Å². The van der Waals surface area contributed by atoms with Gasteiger partial charge in [-0.1, -0.05) is 23.7 Å². The number of hydrogen-bond acceptors (Lipinski definition) is 6. The maximum Gasteiger partial charge on any atom is 0.294 e. The molecule has 0 aliphatic heterocycles. The van der Waals surface area contributed by atoms with E-state index in [4.69, 9.17) is 11.6 Å². The van der Waals surface area contributed by atoms with E-state index < -0.39 is 0 Å². The van der Waals surface area contributed by atoms with E-state index >= 15 is 0 Å². The van der Waals surface area contributed by atoms with E-state index in [-0.39, 0.29) is 5.56 Å². The van der Waals surface area contributed by atoms with Crippen LogP contribution in [-0.2, 0) is 19.4 Å². The molecule has 3 aromatic rings. The highest BCUT2D eigenvalue weighted by molar-refractivity contribution is 6.29. The Balaban J connectivity index is 1.48. The van der Waals surface area contributed by atoms with E-state index in [1.54, 1.807) is 12.4 Å². The van der Waals surface area contributed by atoms with Crippen molar-refractivity contribution in [1.29, 1.82) is 0 Å². The molecule has 3 rings (SSSR count). The Morgan fingerprint density at radius 2 is 1.57 bits per heavy atom. The molecule has 0 saturated heterocycles. The predicted molar refractivity (Wildman–Crippen MR) is 111 cm³/mol. The minimum absolute atomic E-state index is 0.222. The summed E-state index contributed by atoms with van der Waals surface area (Å²) in [6, 6.07) is 11.6. The van der Waals surface area contributed by atoms with Gasteiger partial charge in [-0.2, -0.15) is 0 Å². The van der Waals surface area contributed by atoms with Gasteiger partial charge < -0.3 is 10.6 Å². The van der Waals surface area contributed by atoms with Crippen molar-refractivity contribution in [3.63, 3.8) is 0 Å². The molecule has 2 N–H and O–H groups in total. The van der Waals surface area contributed by atoms with E-state index in [1.165, 1.54) is 10.8 Å². The van der Waals surface area contributed by atoms with Crippen LogP contribution in [0, 0.1) is 0 Å².